The zero-order valence-electron chi connectivity index (χ0n) is 12.8. The molecule has 23 heavy (non-hydrogen) atoms. The topological polar surface area (TPSA) is 64.6 Å². The van der Waals surface area contributed by atoms with Crippen LogP contribution in [-0.4, -0.2) is 25.6 Å². The molecule has 2 aromatic carbocycles. The molecule has 0 bridgehead atoms. The van der Waals surface area contributed by atoms with Crippen molar-refractivity contribution in [2.75, 3.05) is 19.0 Å². The number of nitrogens with one attached hydrogen (secondary N) is 1. The van der Waals surface area contributed by atoms with Gasteiger partial charge in [0.2, 0.25) is 0 Å². The summed E-state index contributed by atoms with van der Waals surface area (Å²) in [6.07, 6.45) is 0. The molecule has 2 aromatic rings. The highest BCUT2D eigenvalue weighted by molar-refractivity contribution is 6.31. The standard InChI is InChI=1S/C17H16ClNO4/c1-11-14(18)7-4-8-15(11)19-16(20)10-23-17(21)12-5-3-6-13(9-12)22-2/h3-9H,10H2,1-2H3,(H,19,20). The van der Waals surface area contributed by atoms with Gasteiger partial charge < -0.3 is 14.8 Å². The van der Waals surface area contributed by atoms with E-state index in [1.54, 1.807) is 49.4 Å². The second-order valence-electron chi connectivity index (χ2n) is 4.77. The molecule has 5 nitrogen and oxygen atoms in total. The molecule has 2 rings (SSSR count). The van der Waals surface area contributed by atoms with Crippen LogP contribution >= 0.6 is 11.6 Å². The summed E-state index contributed by atoms with van der Waals surface area (Å²) in [4.78, 5) is 23.8. The third kappa shape index (κ3) is 4.47. The number of hydrogen-bond acceptors (Lipinski definition) is 4. The van der Waals surface area contributed by atoms with Gasteiger partial charge in [-0.15, -0.1) is 0 Å². The monoisotopic (exact) mass is 333 g/mol. The Morgan fingerprint density at radius 1 is 1.17 bits per heavy atom. The Bertz CT molecular complexity index is 730. The first kappa shape index (κ1) is 16.8. The van der Waals surface area contributed by atoms with Gasteiger partial charge in [-0.1, -0.05) is 23.7 Å². The maximum absolute atomic E-state index is 11.9. The molecule has 0 spiro atoms. The second kappa shape index (κ2) is 7.65. The zero-order chi connectivity index (χ0) is 16.8. The highest BCUT2D eigenvalue weighted by Gasteiger charge is 2.12. The Hall–Kier alpha value is -2.53. The van der Waals surface area contributed by atoms with Crippen LogP contribution in [0.3, 0.4) is 0 Å². The number of ether oxygens (including phenoxy) is 2. The Labute approximate surface area is 139 Å². The van der Waals surface area contributed by atoms with Crippen LogP contribution in [0.5, 0.6) is 5.75 Å². The Kier molecular flexibility index (Phi) is 5.60. The maximum atomic E-state index is 11.9. The summed E-state index contributed by atoms with van der Waals surface area (Å²) in [5.41, 5.74) is 1.65. The predicted molar refractivity (Wildman–Crippen MR) is 88.1 cm³/mol. The molecule has 0 heterocycles. The number of methoxy groups -OCH3 is 1. The van der Waals surface area contributed by atoms with Gasteiger partial charge in [-0.3, -0.25) is 4.79 Å². The van der Waals surface area contributed by atoms with Gasteiger partial charge in [-0.05, 0) is 42.8 Å². The van der Waals surface area contributed by atoms with E-state index in [2.05, 4.69) is 5.32 Å². The third-order valence-corrected chi connectivity index (χ3v) is 3.59. The molecular formula is C17H16ClNO4. The van der Waals surface area contributed by atoms with Gasteiger partial charge in [-0.2, -0.15) is 0 Å². The molecule has 0 saturated heterocycles. The minimum absolute atomic E-state index is 0.316. The van der Waals surface area contributed by atoms with Gasteiger partial charge in [0, 0.05) is 10.7 Å². The van der Waals surface area contributed by atoms with Crippen molar-refractivity contribution in [2.45, 2.75) is 6.92 Å². The van der Waals surface area contributed by atoms with E-state index in [1.165, 1.54) is 7.11 Å². The van der Waals surface area contributed by atoms with Crippen LogP contribution in [-0.2, 0) is 9.53 Å². The van der Waals surface area contributed by atoms with Gasteiger partial charge >= 0.3 is 5.97 Å². The molecule has 120 valence electrons. The summed E-state index contributed by atoms with van der Waals surface area (Å²) in [6.45, 7) is 1.40. The predicted octanol–water partition coefficient (Wildman–Crippen LogP) is 3.45. The van der Waals surface area contributed by atoms with Crippen LogP contribution < -0.4 is 10.1 Å². The first-order chi connectivity index (χ1) is 11.0. The van der Waals surface area contributed by atoms with Gasteiger partial charge in [0.15, 0.2) is 6.61 Å². The molecule has 0 saturated carbocycles. The second-order valence-corrected chi connectivity index (χ2v) is 5.18. The first-order valence-electron chi connectivity index (χ1n) is 6.87. The van der Waals surface area contributed by atoms with Crippen molar-refractivity contribution in [3.05, 3.63) is 58.6 Å². The van der Waals surface area contributed by atoms with Crippen molar-refractivity contribution >= 4 is 29.2 Å². The van der Waals surface area contributed by atoms with Gasteiger partial charge in [0.1, 0.15) is 5.75 Å². The molecular weight excluding hydrogens is 318 g/mol. The van der Waals surface area contributed by atoms with E-state index < -0.39 is 11.9 Å². The summed E-state index contributed by atoms with van der Waals surface area (Å²) in [6, 6.07) is 11.7. The highest BCUT2D eigenvalue weighted by Crippen LogP contribution is 2.22. The Morgan fingerprint density at radius 2 is 1.91 bits per heavy atom. The molecule has 0 fully saturated rings. The summed E-state index contributed by atoms with van der Waals surface area (Å²) >= 11 is 5.98. The fourth-order valence-electron chi connectivity index (χ4n) is 1.89. The molecule has 0 radical (unpaired) electrons. The molecule has 1 amide bonds. The van der Waals surface area contributed by atoms with Gasteiger partial charge in [0.25, 0.3) is 5.91 Å². The van der Waals surface area contributed by atoms with Crippen molar-refractivity contribution in [3.63, 3.8) is 0 Å². The molecule has 0 unspecified atom stereocenters. The smallest absolute Gasteiger partial charge is 0.338 e. The van der Waals surface area contributed by atoms with Crippen LogP contribution in [0.4, 0.5) is 5.69 Å². The van der Waals surface area contributed by atoms with Crippen molar-refractivity contribution in [3.8, 4) is 5.75 Å². The number of esters is 1. The van der Waals surface area contributed by atoms with Crippen molar-refractivity contribution in [2.24, 2.45) is 0 Å². The lowest BCUT2D eigenvalue weighted by molar-refractivity contribution is -0.119. The fourth-order valence-corrected chi connectivity index (χ4v) is 2.07. The van der Waals surface area contributed by atoms with E-state index in [1.807, 2.05) is 0 Å². The lowest BCUT2D eigenvalue weighted by atomic mass is 10.2. The van der Waals surface area contributed by atoms with Crippen molar-refractivity contribution in [1.29, 1.82) is 0 Å². The van der Waals surface area contributed by atoms with Crippen LogP contribution in [0.1, 0.15) is 15.9 Å². The number of carbonyl (C=O) groups excluding carboxylic acids is 2. The van der Waals surface area contributed by atoms with Crippen LogP contribution in [0.15, 0.2) is 42.5 Å². The summed E-state index contributed by atoms with van der Waals surface area (Å²) in [5.74, 6) is -0.494. The van der Waals surface area contributed by atoms with Gasteiger partial charge in [0.05, 0.1) is 12.7 Å². The summed E-state index contributed by atoms with van der Waals surface area (Å²) in [5, 5.41) is 3.21. The lowest BCUT2D eigenvalue weighted by Gasteiger charge is -2.10. The van der Waals surface area contributed by atoms with E-state index in [9.17, 15) is 9.59 Å². The number of halogens is 1. The molecule has 1 N–H and O–H groups in total. The highest BCUT2D eigenvalue weighted by atomic mass is 35.5. The lowest BCUT2D eigenvalue weighted by Crippen LogP contribution is -2.21. The zero-order valence-corrected chi connectivity index (χ0v) is 13.5. The molecule has 0 aliphatic rings. The minimum Gasteiger partial charge on any atom is -0.497 e. The van der Waals surface area contributed by atoms with Crippen LogP contribution in [0, 0.1) is 6.92 Å². The quantitative estimate of drug-likeness (QED) is 0.851. The summed E-state index contributed by atoms with van der Waals surface area (Å²) < 4.78 is 10.0. The number of rotatable bonds is 5. The summed E-state index contributed by atoms with van der Waals surface area (Å²) in [7, 11) is 1.51. The number of benzene rings is 2. The van der Waals surface area contributed by atoms with Crippen LogP contribution in [0.25, 0.3) is 0 Å². The van der Waals surface area contributed by atoms with E-state index in [4.69, 9.17) is 21.1 Å². The molecule has 6 heteroatoms. The number of hydrogen-bond donors (Lipinski definition) is 1. The van der Waals surface area contributed by atoms with Crippen molar-refractivity contribution in [1.82, 2.24) is 0 Å². The largest absolute Gasteiger partial charge is 0.497 e. The van der Waals surface area contributed by atoms with Crippen LogP contribution in [0.2, 0.25) is 5.02 Å². The number of carbonyl (C=O) groups is 2. The molecule has 0 atom stereocenters. The molecule has 0 aliphatic heterocycles. The van der Waals surface area contributed by atoms with E-state index in [-0.39, 0.29) is 6.61 Å². The first-order valence-corrected chi connectivity index (χ1v) is 7.25. The SMILES string of the molecule is COc1cccc(C(=O)OCC(=O)Nc2cccc(Cl)c2C)c1. The fraction of sp³-hybridized carbons (Fsp3) is 0.176. The minimum atomic E-state index is -0.595. The van der Waals surface area contributed by atoms with E-state index in [0.717, 1.165) is 5.56 Å². The average Bonchev–Trinajstić information content (AvgIpc) is 2.57. The Morgan fingerprint density at radius 3 is 2.65 bits per heavy atom. The van der Waals surface area contributed by atoms with Gasteiger partial charge in [-0.25, -0.2) is 4.79 Å². The number of anilines is 1. The Balaban J connectivity index is 1.93. The maximum Gasteiger partial charge on any atom is 0.338 e. The normalized spacial score (nSPS) is 10.0. The van der Waals surface area contributed by atoms with E-state index >= 15 is 0 Å². The molecule has 0 aliphatic carbocycles. The van der Waals surface area contributed by atoms with E-state index in [0.29, 0.717) is 22.0 Å². The number of amides is 1. The average molecular weight is 334 g/mol. The third-order valence-electron chi connectivity index (χ3n) is 3.18. The molecule has 0 aromatic heterocycles. The van der Waals surface area contributed by atoms with Crippen molar-refractivity contribution < 1.29 is 19.1 Å².